The Hall–Kier alpha value is -0.650. The first-order chi connectivity index (χ1) is 7.22. The number of benzene rings is 1. The molecule has 1 aromatic rings. The van der Waals surface area contributed by atoms with Crippen LogP contribution in [0.15, 0.2) is 28.7 Å². The first kappa shape index (κ1) is 12.4. The van der Waals surface area contributed by atoms with Crippen LogP contribution in [-0.4, -0.2) is 23.4 Å². The summed E-state index contributed by atoms with van der Waals surface area (Å²) >= 11 is 8.43. The van der Waals surface area contributed by atoms with Crippen LogP contribution < -0.4 is 10.6 Å². The minimum Gasteiger partial charge on any atom is -0.396 e. The van der Waals surface area contributed by atoms with Gasteiger partial charge in [-0.15, -0.1) is 0 Å². The lowest BCUT2D eigenvalue weighted by atomic mass is 10.3. The van der Waals surface area contributed by atoms with Crippen LogP contribution in [0.25, 0.3) is 0 Å². The fraction of sp³-hybridized carbons (Fsp3) is 0.300. The standard InChI is InChI=1S/C10H13BrN2OS/c11-8-2-4-9(5-3-8)13-10(15)12-6-1-7-14/h2-5,14H,1,6-7H2,(H2,12,13,15). The molecule has 82 valence electrons. The highest BCUT2D eigenvalue weighted by Crippen LogP contribution is 2.13. The Bertz CT molecular complexity index is 316. The molecule has 0 aliphatic heterocycles. The normalized spacial score (nSPS) is 9.73. The maximum absolute atomic E-state index is 8.59. The van der Waals surface area contributed by atoms with Crippen molar-refractivity contribution in [2.75, 3.05) is 18.5 Å². The first-order valence-electron chi connectivity index (χ1n) is 4.63. The van der Waals surface area contributed by atoms with Crippen LogP contribution in [0.2, 0.25) is 0 Å². The minimum absolute atomic E-state index is 0.175. The second-order valence-electron chi connectivity index (χ2n) is 2.96. The van der Waals surface area contributed by atoms with Crippen molar-refractivity contribution in [1.29, 1.82) is 0 Å². The first-order valence-corrected chi connectivity index (χ1v) is 5.84. The third-order valence-corrected chi connectivity index (χ3v) is 2.50. The summed E-state index contributed by atoms with van der Waals surface area (Å²) < 4.78 is 1.03. The average molecular weight is 289 g/mol. The van der Waals surface area contributed by atoms with E-state index in [1.54, 1.807) is 0 Å². The van der Waals surface area contributed by atoms with Gasteiger partial charge in [0, 0.05) is 23.3 Å². The van der Waals surface area contributed by atoms with E-state index in [1.807, 2.05) is 24.3 Å². The second kappa shape index (κ2) is 6.76. The molecule has 0 spiro atoms. The maximum atomic E-state index is 8.59. The van der Waals surface area contributed by atoms with Crippen molar-refractivity contribution in [1.82, 2.24) is 5.32 Å². The molecule has 0 aliphatic carbocycles. The Balaban J connectivity index is 2.34. The van der Waals surface area contributed by atoms with Crippen molar-refractivity contribution in [2.45, 2.75) is 6.42 Å². The van der Waals surface area contributed by atoms with Crippen LogP contribution in [0.4, 0.5) is 5.69 Å². The summed E-state index contributed by atoms with van der Waals surface area (Å²) in [6, 6.07) is 7.76. The van der Waals surface area contributed by atoms with Crippen LogP contribution in [0.5, 0.6) is 0 Å². The van der Waals surface area contributed by atoms with E-state index in [-0.39, 0.29) is 6.61 Å². The highest BCUT2D eigenvalue weighted by Gasteiger charge is 1.96. The van der Waals surface area contributed by atoms with Gasteiger partial charge < -0.3 is 15.7 Å². The number of anilines is 1. The van der Waals surface area contributed by atoms with Gasteiger partial charge in [0.2, 0.25) is 0 Å². The summed E-state index contributed by atoms with van der Waals surface area (Å²) in [5, 5.41) is 15.2. The van der Waals surface area contributed by atoms with Crippen molar-refractivity contribution in [3.63, 3.8) is 0 Å². The van der Waals surface area contributed by atoms with Crippen molar-refractivity contribution in [3.8, 4) is 0 Å². The molecule has 3 nitrogen and oxygen atoms in total. The summed E-state index contributed by atoms with van der Waals surface area (Å²) in [5.41, 5.74) is 0.944. The van der Waals surface area contributed by atoms with Gasteiger partial charge in [-0.05, 0) is 42.9 Å². The molecule has 1 rings (SSSR count). The van der Waals surface area contributed by atoms with E-state index >= 15 is 0 Å². The van der Waals surface area contributed by atoms with Gasteiger partial charge in [0.05, 0.1) is 0 Å². The van der Waals surface area contributed by atoms with E-state index in [4.69, 9.17) is 17.3 Å². The average Bonchev–Trinajstić information content (AvgIpc) is 2.22. The third kappa shape index (κ3) is 5.11. The molecule has 5 heteroatoms. The second-order valence-corrected chi connectivity index (χ2v) is 4.29. The fourth-order valence-corrected chi connectivity index (χ4v) is 1.47. The van der Waals surface area contributed by atoms with Gasteiger partial charge in [-0.1, -0.05) is 15.9 Å². The lowest BCUT2D eigenvalue weighted by Gasteiger charge is -2.09. The SMILES string of the molecule is OCCCNC(=S)Nc1ccc(Br)cc1. The molecule has 0 radical (unpaired) electrons. The molecule has 0 unspecified atom stereocenters. The number of aliphatic hydroxyl groups excluding tert-OH is 1. The molecular weight excluding hydrogens is 276 g/mol. The van der Waals surface area contributed by atoms with Gasteiger partial charge in [0.15, 0.2) is 5.11 Å². The summed E-state index contributed by atoms with van der Waals surface area (Å²) in [6.45, 7) is 0.854. The van der Waals surface area contributed by atoms with Gasteiger partial charge in [-0.2, -0.15) is 0 Å². The number of aliphatic hydroxyl groups is 1. The molecule has 0 bridgehead atoms. The van der Waals surface area contributed by atoms with Crippen molar-refractivity contribution in [2.24, 2.45) is 0 Å². The van der Waals surface area contributed by atoms with E-state index in [9.17, 15) is 0 Å². The predicted octanol–water partition coefficient (Wildman–Crippen LogP) is 2.12. The fourth-order valence-electron chi connectivity index (χ4n) is 0.989. The Kier molecular flexibility index (Phi) is 5.60. The zero-order valence-electron chi connectivity index (χ0n) is 8.16. The number of hydrogen-bond acceptors (Lipinski definition) is 2. The molecule has 3 N–H and O–H groups in total. The number of thiocarbonyl (C=S) groups is 1. The molecule has 15 heavy (non-hydrogen) atoms. The Morgan fingerprint density at radius 3 is 2.60 bits per heavy atom. The summed E-state index contributed by atoms with van der Waals surface area (Å²) in [5.74, 6) is 0. The van der Waals surface area contributed by atoms with Crippen LogP contribution in [0.1, 0.15) is 6.42 Å². The Labute approximate surface area is 103 Å². The topological polar surface area (TPSA) is 44.3 Å². The van der Waals surface area contributed by atoms with Gasteiger partial charge in [0.25, 0.3) is 0 Å². The van der Waals surface area contributed by atoms with Gasteiger partial charge in [-0.25, -0.2) is 0 Å². The molecule has 0 aromatic heterocycles. The molecule has 1 aromatic carbocycles. The van der Waals surface area contributed by atoms with E-state index in [0.29, 0.717) is 18.1 Å². The zero-order chi connectivity index (χ0) is 11.1. The van der Waals surface area contributed by atoms with Crippen molar-refractivity contribution in [3.05, 3.63) is 28.7 Å². The molecule has 0 atom stereocenters. The molecule has 0 saturated carbocycles. The molecule has 0 amide bonds. The molecular formula is C10H13BrN2OS. The van der Waals surface area contributed by atoms with Crippen LogP contribution in [0, 0.1) is 0 Å². The maximum Gasteiger partial charge on any atom is 0.170 e. The van der Waals surface area contributed by atoms with Gasteiger partial charge >= 0.3 is 0 Å². The van der Waals surface area contributed by atoms with Crippen molar-refractivity contribution >= 4 is 38.9 Å². The zero-order valence-corrected chi connectivity index (χ0v) is 10.6. The lowest BCUT2D eigenvalue weighted by Crippen LogP contribution is -2.29. The Morgan fingerprint density at radius 1 is 1.33 bits per heavy atom. The smallest absolute Gasteiger partial charge is 0.170 e. The molecule has 0 fully saturated rings. The third-order valence-electron chi connectivity index (χ3n) is 1.72. The summed E-state index contributed by atoms with van der Waals surface area (Å²) in [6.07, 6.45) is 0.697. The number of hydrogen-bond donors (Lipinski definition) is 3. The predicted molar refractivity (Wildman–Crippen MR) is 70.1 cm³/mol. The summed E-state index contributed by atoms with van der Waals surface area (Å²) in [7, 11) is 0. The summed E-state index contributed by atoms with van der Waals surface area (Å²) in [4.78, 5) is 0. The number of nitrogens with one attached hydrogen (secondary N) is 2. The van der Waals surface area contributed by atoms with Gasteiger partial charge in [0.1, 0.15) is 0 Å². The van der Waals surface area contributed by atoms with E-state index in [0.717, 1.165) is 10.2 Å². The molecule has 0 saturated heterocycles. The van der Waals surface area contributed by atoms with Crippen LogP contribution in [0.3, 0.4) is 0 Å². The monoisotopic (exact) mass is 288 g/mol. The van der Waals surface area contributed by atoms with Crippen molar-refractivity contribution < 1.29 is 5.11 Å². The molecule has 0 aliphatic rings. The minimum atomic E-state index is 0.175. The largest absolute Gasteiger partial charge is 0.396 e. The Morgan fingerprint density at radius 2 is 2.00 bits per heavy atom. The van der Waals surface area contributed by atoms with Gasteiger partial charge in [-0.3, -0.25) is 0 Å². The lowest BCUT2D eigenvalue weighted by molar-refractivity contribution is 0.289. The van der Waals surface area contributed by atoms with Crippen LogP contribution in [-0.2, 0) is 0 Å². The van der Waals surface area contributed by atoms with Crippen LogP contribution >= 0.6 is 28.1 Å². The number of halogens is 1. The number of rotatable bonds is 4. The highest BCUT2D eigenvalue weighted by molar-refractivity contribution is 9.10. The van der Waals surface area contributed by atoms with E-state index in [2.05, 4.69) is 26.6 Å². The highest BCUT2D eigenvalue weighted by atomic mass is 79.9. The van der Waals surface area contributed by atoms with E-state index < -0.39 is 0 Å². The van der Waals surface area contributed by atoms with E-state index in [1.165, 1.54) is 0 Å². The quantitative estimate of drug-likeness (QED) is 0.587. The molecule has 0 heterocycles.